The van der Waals surface area contributed by atoms with Crippen LogP contribution in [0.15, 0.2) is 52.9 Å². The third-order valence-corrected chi connectivity index (χ3v) is 5.75. The maximum absolute atomic E-state index is 14.1. The third kappa shape index (κ3) is 5.42. The lowest BCUT2D eigenvalue weighted by atomic mass is 9.80. The number of H-pyrrole nitrogens is 1. The Labute approximate surface area is 204 Å². The molecular formula is C24H24F3N3O6. The van der Waals surface area contributed by atoms with E-state index in [1.807, 2.05) is 19.9 Å². The Morgan fingerprint density at radius 3 is 2.36 bits per heavy atom. The van der Waals surface area contributed by atoms with E-state index in [0.717, 1.165) is 36.2 Å². The topological polar surface area (TPSA) is 124 Å². The Hall–Kier alpha value is -4.09. The average Bonchev–Trinajstić information content (AvgIpc) is 3.13. The van der Waals surface area contributed by atoms with Crippen LogP contribution >= 0.6 is 0 Å². The first-order valence-corrected chi connectivity index (χ1v) is 10.8. The molecule has 2 N–H and O–H groups in total. The number of hydrogen-bond acceptors (Lipinski definition) is 7. The highest BCUT2D eigenvalue weighted by Crippen LogP contribution is 2.44. The lowest BCUT2D eigenvalue weighted by molar-refractivity contribution is -0.384. The Bertz CT molecular complexity index is 1280. The van der Waals surface area contributed by atoms with Crippen LogP contribution in [-0.2, 0) is 25.5 Å². The monoisotopic (exact) mass is 507 g/mol. The van der Waals surface area contributed by atoms with E-state index in [9.17, 15) is 32.9 Å². The maximum atomic E-state index is 14.1. The minimum atomic E-state index is -5.02. The number of nitro benzene ring substituents is 1. The van der Waals surface area contributed by atoms with Crippen molar-refractivity contribution < 1.29 is 37.2 Å². The molecule has 1 aromatic carbocycles. The molecule has 1 aromatic heterocycles. The van der Waals surface area contributed by atoms with E-state index in [-0.39, 0.29) is 29.9 Å². The van der Waals surface area contributed by atoms with Crippen molar-refractivity contribution in [3.8, 4) is 0 Å². The third-order valence-electron chi connectivity index (χ3n) is 5.75. The van der Waals surface area contributed by atoms with E-state index in [0.29, 0.717) is 0 Å². The summed E-state index contributed by atoms with van der Waals surface area (Å²) in [6, 6.07) is 6.55. The first kappa shape index (κ1) is 26.5. The molecule has 0 aliphatic carbocycles. The number of carbonyl (C=O) groups excluding carboxylic acids is 2. The molecule has 0 spiro atoms. The first-order chi connectivity index (χ1) is 16.8. The number of dihydropyridines is 1. The fourth-order valence-electron chi connectivity index (χ4n) is 4.18. The summed E-state index contributed by atoms with van der Waals surface area (Å²) in [5.74, 6) is -3.94. The van der Waals surface area contributed by atoms with E-state index in [1.165, 1.54) is 19.1 Å². The number of rotatable bonds is 7. The van der Waals surface area contributed by atoms with Crippen LogP contribution in [0.2, 0.25) is 0 Å². The molecule has 1 atom stereocenters. The van der Waals surface area contributed by atoms with Crippen molar-refractivity contribution in [2.45, 2.75) is 39.3 Å². The number of ether oxygens (including phenoxy) is 2. The van der Waals surface area contributed by atoms with Gasteiger partial charge in [-0.3, -0.25) is 10.1 Å². The van der Waals surface area contributed by atoms with Gasteiger partial charge in [0.15, 0.2) is 0 Å². The van der Waals surface area contributed by atoms with Gasteiger partial charge in [-0.05, 0) is 38.0 Å². The van der Waals surface area contributed by atoms with Gasteiger partial charge in [-0.2, -0.15) is 13.2 Å². The number of nitrogens with one attached hydrogen (secondary N) is 2. The van der Waals surface area contributed by atoms with Crippen LogP contribution in [0.25, 0.3) is 0 Å². The molecule has 0 bridgehead atoms. The minimum Gasteiger partial charge on any atom is -0.466 e. The summed E-state index contributed by atoms with van der Waals surface area (Å²) in [6.07, 6.45) is -4.78. The molecule has 2 heterocycles. The van der Waals surface area contributed by atoms with Gasteiger partial charge in [0.25, 0.3) is 5.69 Å². The predicted molar refractivity (Wildman–Crippen MR) is 122 cm³/mol. The smallest absolute Gasteiger partial charge is 0.431 e. The molecule has 36 heavy (non-hydrogen) atoms. The van der Waals surface area contributed by atoms with Gasteiger partial charge in [-0.1, -0.05) is 12.1 Å². The molecule has 0 radical (unpaired) electrons. The van der Waals surface area contributed by atoms with E-state index in [2.05, 4.69) is 10.3 Å². The number of allylic oxidation sites excluding steroid dienone is 2. The number of hydrogen-bond donors (Lipinski definition) is 2. The van der Waals surface area contributed by atoms with Crippen LogP contribution < -0.4 is 5.32 Å². The van der Waals surface area contributed by atoms with Crippen molar-refractivity contribution in [1.29, 1.82) is 0 Å². The second-order valence-corrected chi connectivity index (χ2v) is 8.22. The number of carbonyl (C=O) groups is 2. The lowest BCUT2D eigenvalue weighted by Crippen LogP contribution is -2.38. The van der Waals surface area contributed by atoms with Crippen LogP contribution in [0.4, 0.5) is 18.9 Å². The Kier molecular flexibility index (Phi) is 7.56. The summed E-state index contributed by atoms with van der Waals surface area (Å²) in [5.41, 5.74) is -0.771. The number of benzene rings is 1. The number of aromatic amines is 1. The zero-order valence-corrected chi connectivity index (χ0v) is 19.9. The predicted octanol–water partition coefficient (Wildman–Crippen LogP) is 4.28. The van der Waals surface area contributed by atoms with Crippen molar-refractivity contribution in [3.05, 3.63) is 85.5 Å². The molecule has 192 valence electrons. The van der Waals surface area contributed by atoms with E-state index < -0.39 is 45.9 Å². The van der Waals surface area contributed by atoms with Gasteiger partial charge in [0.05, 0.1) is 35.7 Å². The second kappa shape index (κ2) is 10.3. The molecule has 12 heteroatoms. The molecular weight excluding hydrogens is 483 g/mol. The molecule has 9 nitrogen and oxygen atoms in total. The molecule has 2 aromatic rings. The highest BCUT2D eigenvalue weighted by atomic mass is 19.4. The second-order valence-electron chi connectivity index (χ2n) is 8.22. The van der Waals surface area contributed by atoms with Gasteiger partial charge in [-0.15, -0.1) is 0 Å². The molecule has 1 aliphatic heterocycles. The summed E-state index contributed by atoms with van der Waals surface area (Å²) < 4.78 is 52.3. The van der Waals surface area contributed by atoms with Gasteiger partial charge >= 0.3 is 18.1 Å². The number of nitrogens with zero attached hydrogens (tertiary/aromatic N) is 1. The zero-order chi connectivity index (χ0) is 26.8. The van der Waals surface area contributed by atoms with Gasteiger partial charge in [0.1, 0.15) is 5.70 Å². The maximum Gasteiger partial charge on any atom is 0.431 e. The molecule has 0 amide bonds. The van der Waals surface area contributed by atoms with Crippen LogP contribution in [0.1, 0.15) is 35.4 Å². The van der Waals surface area contributed by atoms with Crippen LogP contribution in [0, 0.1) is 24.0 Å². The summed E-state index contributed by atoms with van der Waals surface area (Å²) in [5, 5.41) is 13.4. The molecule has 0 fully saturated rings. The molecule has 1 unspecified atom stereocenters. The molecule has 3 rings (SSSR count). The largest absolute Gasteiger partial charge is 0.466 e. The van der Waals surface area contributed by atoms with Crippen molar-refractivity contribution in [2.75, 3.05) is 13.7 Å². The molecule has 1 aliphatic rings. The standard InChI is InChI=1S/C24H24F3N3O6/c1-12-10-15(13(2)28-12)8-9-36-23(32)20-19(16-6-5-7-17(11-16)30(33)34)18(22(31)35-4)14(3)29-21(20)24(25,26)27/h5-7,10-11,19,28-29H,8-9H2,1-4H3. The summed E-state index contributed by atoms with van der Waals surface area (Å²) in [6.45, 7) is 4.64. The number of halogens is 3. The Morgan fingerprint density at radius 2 is 1.81 bits per heavy atom. The highest BCUT2D eigenvalue weighted by molar-refractivity contribution is 6.00. The van der Waals surface area contributed by atoms with Crippen molar-refractivity contribution in [3.63, 3.8) is 0 Å². The number of aromatic nitrogens is 1. The van der Waals surface area contributed by atoms with Crippen LogP contribution in [0.5, 0.6) is 0 Å². The van der Waals surface area contributed by atoms with Gasteiger partial charge in [0, 0.05) is 35.6 Å². The Morgan fingerprint density at radius 1 is 1.11 bits per heavy atom. The zero-order valence-electron chi connectivity index (χ0n) is 19.9. The van der Waals surface area contributed by atoms with Gasteiger partial charge in [0.2, 0.25) is 0 Å². The number of methoxy groups -OCH3 is 1. The average molecular weight is 507 g/mol. The minimum absolute atomic E-state index is 0.0729. The number of nitro groups is 1. The van der Waals surface area contributed by atoms with Crippen molar-refractivity contribution >= 4 is 17.6 Å². The van der Waals surface area contributed by atoms with E-state index >= 15 is 0 Å². The first-order valence-electron chi connectivity index (χ1n) is 10.8. The quantitative estimate of drug-likeness (QED) is 0.326. The normalized spacial score (nSPS) is 16.0. The fraction of sp³-hybridized carbons (Fsp3) is 0.333. The highest BCUT2D eigenvalue weighted by Gasteiger charge is 2.47. The van der Waals surface area contributed by atoms with Gasteiger partial charge < -0.3 is 19.8 Å². The van der Waals surface area contributed by atoms with Crippen molar-refractivity contribution in [2.24, 2.45) is 0 Å². The number of esters is 2. The van der Waals surface area contributed by atoms with Crippen molar-refractivity contribution in [1.82, 2.24) is 10.3 Å². The summed E-state index contributed by atoms with van der Waals surface area (Å²) in [4.78, 5) is 39.5. The SMILES string of the molecule is COC(=O)C1=C(C)NC(C(F)(F)F)=C(C(=O)OCCc2cc(C)[nH]c2C)C1c1cccc([N+](=O)[O-])c1. The lowest BCUT2D eigenvalue weighted by Gasteiger charge is -2.32. The Balaban J connectivity index is 2.10. The van der Waals surface area contributed by atoms with Gasteiger partial charge in [-0.25, -0.2) is 9.59 Å². The molecule has 0 saturated heterocycles. The fourth-order valence-corrected chi connectivity index (χ4v) is 4.18. The van der Waals surface area contributed by atoms with E-state index in [1.54, 1.807) is 0 Å². The summed E-state index contributed by atoms with van der Waals surface area (Å²) in [7, 11) is 1.04. The van der Waals surface area contributed by atoms with Crippen LogP contribution in [-0.4, -0.2) is 41.7 Å². The number of alkyl halides is 3. The van der Waals surface area contributed by atoms with E-state index in [4.69, 9.17) is 9.47 Å². The molecule has 0 saturated carbocycles. The number of non-ortho nitro benzene ring substituents is 1. The van der Waals surface area contributed by atoms with Crippen LogP contribution in [0.3, 0.4) is 0 Å². The summed E-state index contributed by atoms with van der Waals surface area (Å²) >= 11 is 0. The number of aryl methyl sites for hydroxylation is 2.